The summed E-state index contributed by atoms with van der Waals surface area (Å²) in [6.45, 7) is 3.42. The van der Waals surface area contributed by atoms with Gasteiger partial charge in [-0.25, -0.2) is 9.97 Å². The summed E-state index contributed by atoms with van der Waals surface area (Å²) in [5.74, 6) is 1.28. The lowest BCUT2D eigenvalue weighted by Gasteiger charge is -2.26. The van der Waals surface area contributed by atoms with E-state index in [2.05, 4.69) is 25.2 Å². The SMILES string of the molecule is COc1cc(NC(=O)[C@@H](C)n2cnc3nc(N4CCCCC4)ncc3c2=O)cc(OC)c1. The van der Waals surface area contributed by atoms with E-state index in [9.17, 15) is 9.59 Å². The van der Waals surface area contributed by atoms with Crippen molar-refractivity contribution in [1.82, 2.24) is 19.5 Å². The molecule has 1 aliphatic heterocycles. The van der Waals surface area contributed by atoms with Gasteiger partial charge < -0.3 is 19.7 Å². The van der Waals surface area contributed by atoms with Crippen molar-refractivity contribution in [3.8, 4) is 11.5 Å². The van der Waals surface area contributed by atoms with Gasteiger partial charge in [-0.2, -0.15) is 4.98 Å². The Labute approximate surface area is 185 Å². The number of benzene rings is 1. The van der Waals surface area contributed by atoms with E-state index in [-0.39, 0.29) is 16.9 Å². The summed E-state index contributed by atoms with van der Waals surface area (Å²) in [5.41, 5.74) is 0.451. The van der Waals surface area contributed by atoms with Crippen molar-refractivity contribution in [3.05, 3.63) is 41.1 Å². The molecular formula is C22H26N6O4. The van der Waals surface area contributed by atoms with Crippen LogP contribution in [0.15, 0.2) is 35.5 Å². The van der Waals surface area contributed by atoms with E-state index in [1.165, 1.54) is 37.7 Å². The molecule has 0 saturated carbocycles. The number of nitrogens with zero attached hydrogens (tertiary/aromatic N) is 5. The Hall–Kier alpha value is -3.69. The van der Waals surface area contributed by atoms with Crippen LogP contribution < -0.4 is 25.2 Å². The van der Waals surface area contributed by atoms with Crippen molar-refractivity contribution in [2.45, 2.75) is 32.2 Å². The zero-order valence-electron chi connectivity index (χ0n) is 18.4. The van der Waals surface area contributed by atoms with Gasteiger partial charge in [0.15, 0.2) is 5.65 Å². The summed E-state index contributed by atoms with van der Waals surface area (Å²) in [4.78, 5) is 41.1. The smallest absolute Gasteiger partial charge is 0.265 e. The number of anilines is 2. The summed E-state index contributed by atoms with van der Waals surface area (Å²) in [6.07, 6.45) is 6.25. The fraction of sp³-hybridized carbons (Fsp3) is 0.409. The molecule has 2 aromatic heterocycles. The van der Waals surface area contributed by atoms with Crippen molar-refractivity contribution in [2.75, 3.05) is 37.5 Å². The minimum atomic E-state index is -0.807. The molecular weight excluding hydrogens is 412 g/mol. The lowest BCUT2D eigenvalue weighted by molar-refractivity contribution is -0.118. The first-order chi connectivity index (χ1) is 15.5. The van der Waals surface area contributed by atoms with Crippen molar-refractivity contribution >= 4 is 28.6 Å². The van der Waals surface area contributed by atoms with Gasteiger partial charge in [0.2, 0.25) is 11.9 Å². The quantitative estimate of drug-likeness (QED) is 0.624. The number of fused-ring (bicyclic) bond motifs is 1. The zero-order chi connectivity index (χ0) is 22.7. The van der Waals surface area contributed by atoms with Gasteiger partial charge in [-0.15, -0.1) is 0 Å². The molecule has 0 radical (unpaired) electrons. The molecule has 1 N–H and O–H groups in total. The number of amides is 1. The lowest BCUT2D eigenvalue weighted by atomic mass is 10.1. The number of hydrogen-bond donors (Lipinski definition) is 1. The van der Waals surface area contributed by atoms with Crippen LogP contribution in [0.4, 0.5) is 11.6 Å². The predicted octanol–water partition coefficient (Wildman–Crippen LogP) is 2.39. The highest BCUT2D eigenvalue weighted by atomic mass is 16.5. The highest BCUT2D eigenvalue weighted by Gasteiger charge is 2.20. The van der Waals surface area contributed by atoms with Gasteiger partial charge in [0.25, 0.3) is 5.56 Å². The molecule has 1 aromatic carbocycles. The van der Waals surface area contributed by atoms with Crippen LogP contribution in [0.5, 0.6) is 11.5 Å². The minimum absolute atomic E-state index is 0.274. The summed E-state index contributed by atoms with van der Waals surface area (Å²) in [6, 6.07) is 4.24. The van der Waals surface area contributed by atoms with Gasteiger partial charge in [0.05, 0.1) is 14.2 Å². The third kappa shape index (κ3) is 4.34. The lowest BCUT2D eigenvalue weighted by Crippen LogP contribution is -2.33. The molecule has 3 heterocycles. The van der Waals surface area contributed by atoms with Gasteiger partial charge in [-0.1, -0.05) is 0 Å². The molecule has 10 heteroatoms. The van der Waals surface area contributed by atoms with Crippen LogP contribution in [0.2, 0.25) is 0 Å². The number of carbonyl (C=O) groups excluding carboxylic acids is 1. The molecule has 3 aromatic rings. The molecule has 10 nitrogen and oxygen atoms in total. The van der Waals surface area contributed by atoms with Crippen LogP contribution in [0.25, 0.3) is 11.0 Å². The number of methoxy groups -OCH3 is 2. The van der Waals surface area contributed by atoms with E-state index in [4.69, 9.17) is 9.47 Å². The Bertz CT molecular complexity index is 1170. The standard InChI is InChI=1S/C22H26N6O4/c1-14(20(29)25-15-9-16(31-2)11-17(10-15)32-3)28-13-24-19-18(21(28)30)12-23-22(26-19)27-7-5-4-6-8-27/h9-14H,4-8H2,1-3H3,(H,25,29)/t14-/m1/s1. The Morgan fingerprint density at radius 2 is 1.75 bits per heavy atom. The average Bonchev–Trinajstić information content (AvgIpc) is 2.83. The summed E-state index contributed by atoms with van der Waals surface area (Å²) >= 11 is 0. The Balaban J connectivity index is 1.58. The number of ether oxygens (including phenoxy) is 2. The molecule has 0 aliphatic carbocycles. The zero-order valence-corrected chi connectivity index (χ0v) is 18.4. The fourth-order valence-corrected chi connectivity index (χ4v) is 3.70. The highest BCUT2D eigenvalue weighted by Crippen LogP contribution is 2.26. The number of nitrogens with one attached hydrogen (secondary N) is 1. The molecule has 0 spiro atoms. The van der Waals surface area contributed by atoms with Gasteiger partial charge in [-0.3, -0.25) is 14.2 Å². The molecule has 0 bridgehead atoms. The van der Waals surface area contributed by atoms with E-state index in [1.807, 2.05) is 0 Å². The molecule has 1 saturated heterocycles. The second kappa shape index (κ2) is 9.21. The van der Waals surface area contributed by atoms with Crippen LogP contribution in [0.1, 0.15) is 32.2 Å². The second-order valence-corrected chi connectivity index (χ2v) is 7.68. The maximum absolute atomic E-state index is 13.0. The Kier molecular flexibility index (Phi) is 6.20. The van der Waals surface area contributed by atoms with Crippen LogP contribution in [-0.4, -0.2) is 52.7 Å². The summed E-state index contributed by atoms with van der Waals surface area (Å²) < 4.78 is 11.7. The van der Waals surface area contributed by atoms with Gasteiger partial charge in [0, 0.05) is 43.2 Å². The fourth-order valence-electron chi connectivity index (χ4n) is 3.70. The van der Waals surface area contributed by atoms with Crippen molar-refractivity contribution in [2.24, 2.45) is 0 Å². The van der Waals surface area contributed by atoms with E-state index < -0.39 is 6.04 Å². The second-order valence-electron chi connectivity index (χ2n) is 7.68. The molecule has 32 heavy (non-hydrogen) atoms. The number of piperidine rings is 1. The molecule has 1 atom stereocenters. The normalized spacial score (nSPS) is 14.8. The van der Waals surface area contributed by atoms with Gasteiger partial charge in [0.1, 0.15) is 29.3 Å². The van der Waals surface area contributed by atoms with Gasteiger partial charge >= 0.3 is 0 Å². The topological polar surface area (TPSA) is 111 Å². The van der Waals surface area contributed by atoms with E-state index >= 15 is 0 Å². The van der Waals surface area contributed by atoms with Gasteiger partial charge in [-0.05, 0) is 26.2 Å². The predicted molar refractivity (Wildman–Crippen MR) is 121 cm³/mol. The Morgan fingerprint density at radius 1 is 1.06 bits per heavy atom. The third-order valence-corrected chi connectivity index (χ3v) is 5.58. The van der Waals surface area contributed by atoms with Crippen LogP contribution in [-0.2, 0) is 4.79 Å². The molecule has 1 fully saturated rings. The van der Waals surface area contributed by atoms with Crippen LogP contribution >= 0.6 is 0 Å². The number of rotatable bonds is 6. The van der Waals surface area contributed by atoms with E-state index in [0.717, 1.165) is 25.9 Å². The third-order valence-electron chi connectivity index (χ3n) is 5.58. The highest BCUT2D eigenvalue weighted by molar-refractivity contribution is 5.94. The van der Waals surface area contributed by atoms with E-state index in [0.29, 0.717) is 28.8 Å². The first kappa shape index (κ1) is 21.5. The van der Waals surface area contributed by atoms with Crippen molar-refractivity contribution in [1.29, 1.82) is 0 Å². The van der Waals surface area contributed by atoms with E-state index in [1.54, 1.807) is 25.1 Å². The maximum Gasteiger partial charge on any atom is 0.265 e. The molecule has 1 aliphatic rings. The van der Waals surface area contributed by atoms with Crippen LogP contribution in [0.3, 0.4) is 0 Å². The molecule has 168 valence electrons. The first-order valence-corrected chi connectivity index (χ1v) is 10.5. The molecule has 1 amide bonds. The largest absolute Gasteiger partial charge is 0.497 e. The minimum Gasteiger partial charge on any atom is -0.497 e. The maximum atomic E-state index is 13.0. The summed E-state index contributed by atoms with van der Waals surface area (Å²) in [7, 11) is 3.06. The number of carbonyl (C=O) groups is 1. The van der Waals surface area contributed by atoms with Crippen LogP contribution in [0, 0.1) is 0 Å². The summed E-state index contributed by atoms with van der Waals surface area (Å²) in [5, 5.41) is 3.07. The monoisotopic (exact) mass is 438 g/mol. The molecule has 4 rings (SSSR count). The number of aromatic nitrogens is 4. The number of hydrogen-bond acceptors (Lipinski definition) is 8. The Morgan fingerprint density at radius 3 is 2.41 bits per heavy atom. The average molecular weight is 438 g/mol. The van der Waals surface area contributed by atoms with Crippen molar-refractivity contribution in [3.63, 3.8) is 0 Å². The first-order valence-electron chi connectivity index (χ1n) is 10.5. The molecule has 0 unspecified atom stereocenters. The van der Waals surface area contributed by atoms with Crippen molar-refractivity contribution < 1.29 is 14.3 Å².